The van der Waals surface area contributed by atoms with E-state index in [4.69, 9.17) is 0 Å². The number of hydrogen-bond acceptors (Lipinski definition) is 0. The summed E-state index contributed by atoms with van der Waals surface area (Å²) in [6, 6.07) is 0. The third kappa shape index (κ3) is 3.73. The fourth-order valence-corrected chi connectivity index (χ4v) is 6.36. The second-order valence-electron chi connectivity index (χ2n) is 8.46. The molecule has 1 heteroatoms. The van der Waals surface area contributed by atoms with Crippen LogP contribution in [0.25, 0.3) is 0 Å². The molecule has 2 aliphatic rings. The van der Waals surface area contributed by atoms with E-state index in [1.54, 1.807) is 0 Å². The van der Waals surface area contributed by atoms with Crippen LogP contribution in [0, 0.1) is 23.2 Å². The summed E-state index contributed by atoms with van der Waals surface area (Å²) in [6.07, 6.45) is 13.6. The van der Waals surface area contributed by atoms with E-state index in [-0.39, 0.29) is 0 Å². The maximum absolute atomic E-state index is 2.60. The minimum absolute atomic E-state index is 0.380. The zero-order chi connectivity index (χ0) is 14.8. The molecular weight excluding hydrogens is 355 g/mol. The molecule has 0 aliphatic heterocycles. The first kappa shape index (κ1) is 17.1. The molecule has 2 fully saturated rings. The standard InChI is InChI=1S/C19H36I/c1-18(2,15-9-7-6-8-10-15)16-11-13-17(14-12-16)19(3,4)20-5/h15-17H,6-14H2,1-5H3/q-1. The monoisotopic (exact) mass is 391 g/mol. The predicted molar refractivity (Wildman–Crippen MR) is 85.8 cm³/mol. The van der Waals surface area contributed by atoms with Crippen molar-refractivity contribution in [1.29, 1.82) is 0 Å². The van der Waals surface area contributed by atoms with Gasteiger partial charge in [-0.05, 0) is 0 Å². The Bertz CT molecular complexity index is 291. The second-order valence-corrected chi connectivity index (χ2v) is 12.3. The Morgan fingerprint density at radius 2 is 1.10 bits per heavy atom. The molecule has 0 N–H and O–H groups in total. The van der Waals surface area contributed by atoms with Gasteiger partial charge in [0.15, 0.2) is 0 Å². The van der Waals surface area contributed by atoms with Gasteiger partial charge in [-0.25, -0.2) is 0 Å². The quantitative estimate of drug-likeness (QED) is 0.511. The predicted octanol–water partition coefficient (Wildman–Crippen LogP) is 2.90. The molecule has 0 bridgehead atoms. The minimum atomic E-state index is 0.380. The summed E-state index contributed by atoms with van der Waals surface area (Å²) in [7, 11) is 0. The van der Waals surface area contributed by atoms with Gasteiger partial charge < -0.3 is 0 Å². The first-order valence-corrected chi connectivity index (χ1v) is 12.1. The van der Waals surface area contributed by atoms with Gasteiger partial charge in [0.2, 0.25) is 0 Å². The third-order valence-corrected chi connectivity index (χ3v) is 10.6. The molecule has 120 valence electrons. The molecule has 0 amide bonds. The Labute approximate surface area is 138 Å². The Morgan fingerprint density at radius 3 is 1.60 bits per heavy atom. The molecule has 0 radical (unpaired) electrons. The fourth-order valence-electron chi connectivity index (χ4n) is 4.86. The molecule has 2 aliphatic carbocycles. The number of alkyl halides is 2. The SMILES string of the molecule is C[I-]C(C)(C)C1CCC(C(C)(C)C2CCCCC2)CC1. The Morgan fingerprint density at radius 1 is 0.650 bits per heavy atom. The average molecular weight is 391 g/mol. The van der Waals surface area contributed by atoms with Gasteiger partial charge in [-0.2, -0.15) is 0 Å². The van der Waals surface area contributed by atoms with Crippen molar-refractivity contribution in [3.8, 4) is 0 Å². The van der Waals surface area contributed by atoms with E-state index < -0.39 is 0 Å². The van der Waals surface area contributed by atoms with Crippen LogP contribution in [0.5, 0.6) is 0 Å². The van der Waals surface area contributed by atoms with Gasteiger partial charge in [0.05, 0.1) is 0 Å². The van der Waals surface area contributed by atoms with Gasteiger partial charge in [-0.15, -0.1) is 0 Å². The zero-order valence-electron chi connectivity index (χ0n) is 14.5. The summed E-state index contributed by atoms with van der Waals surface area (Å²) in [5.74, 6) is 3.05. The van der Waals surface area contributed by atoms with E-state index in [0.29, 0.717) is 30.0 Å². The number of hydrogen-bond donors (Lipinski definition) is 0. The van der Waals surface area contributed by atoms with E-state index in [9.17, 15) is 0 Å². The van der Waals surface area contributed by atoms with Crippen LogP contribution >= 0.6 is 0 Å². The summed E-state index contributed by atoms with van der Waals surface area (Å²) in [5.41, 5.74) is 0.608. The van der Waals surface area contributed by atoms with Crippen molar-refractivity contribution in [2.24, 2.45) is 23.2 Å². The van der Waals surface area contributed by atoms with Crippen LogP contribution in [0.15, 0.2) is 0 Å². The fraction of sp³-hybridized carbons (Fsp3) is 1.00. The number of rotatable bonds is 4. The normalized spacial score (nSPS) is 30.6. The average Bonchev–Trinajstić information content (AvgIpc) is 2.48. The molecule has 0 heterocycles. The maximum atomic E-state index is 2.60. The summed E-state index contributed by atoms with van der Waals surface area (Å²) in [4.78, 5) is 2.48. The molecule has 0 unspecified atom stereocenters. The van der Waals surface area contributed by atoms with Crippen molar-refractivity contribution >= 4 is 0 Å². The van der Waals surface area contributed by atoms with E-state index in [2.05, 4.69) is 32.6 Å². The Kier molecular flexibility index (Phi) is 5.87. The van der Waals surface area contributed by atoms with Crippen LogP contribution in [0.2, 0.25) is 0 Å². The molecule has 0 nitrogen and oxygen atoms in total. The van der Waals surface area contributed by atoms with Gasteiger partial charge >= 0.3 is 138 Å². The summed E-state index contributed by atoms with van der Waals surface area (Å²) in [5, 5.41) is 0. The van der Waals surface area contributed by atoms with Crippen molar-refractivity contribution in [1.82, 2.24) is 0 Å². The van der Waals surface area contributed by atoms with Gasteiger partial charge in [-0.3, -0.25) is 0 Å². The van der Waals surface area contributed by atoms with Crippen molar-refractivity contribution in [3.05, 3.63) is 0 Å². The van der Waals surface area contributed by atoms with Crippen LogP contribution < -0.4 is 21.2 Å². The van der Waals surface area contributed by atoms with E-state index in [0.717, 1.165) is 17.8 Å². The Balaban J connectivity index is 1.92. The molecule has 0 aromatic rings. The molecule has 2 rings (SSSR count). The topological polar surface area (TPSA) is 0 Å². The van der Waals surface area contributed by atoms with Crippen LogP contribution in [0.3, 0.4) is 0 Å². The zero-order valence-corrected chi connectivity index (χ0v) is 16.6. The van der Waals surface area contributed by atoms with Crippen molar-refractivity contribution in [2.45, 2.75) is 88.9 Å². The molecule has 20 heavy (non-hydrogen) atoms. The van der Waals surface area contributed by atoms with E-state index in [1.807, 2.05) is 0 Å². The molecule has 0 saturated heterocycles. The molecule has 0 aromatic carbocycles. The third-order valence-electron chi connectivity index (χ3n) is 6.89. The van der Waals surface area contributed by atoms with Crippen molar-refractivity contribution in [3.63, 3.8) is 0 Å². The van der Waals surface area contributed by atoms with Crippen LogP contribution in [0.1, 0.15) is 85.5 Å². The first-order valence-electron chi connectivity index (χ1n) is 8.88. The van der Waals surface area contributed by atoms with E-state index >= 15 is 0 Å². The molecular formula is C19H36I-. The van der Waals surface area contributed by atoms with Gasteiger partial charge in [0.1, 0.15) is 0 Å². The van der Waals surface area contributed by atoms with Gasteiger partial charge in [0.25, 0.3) is 0 Å². The molecule has 2 saturated carbocycles. The van der Waals surface area contributed by atoms with Crippen LogP contribution in [0.4, 0.5) is 0 Å². The van der Waals surface area contributed by atoms with Gasteiger partial charge in [0, 0.05) is 0 Å². The molecule has 0 aromatic heterocycles. The van der Waals surface area contributed by atoms with Crippen molar-refractivity contribution < 1.29 is 21.2 Å². The Hall–Kier alpha value is 0.730. The van der Waals surface area contributed by atoms with E-state index in [1.165, 1.54) is 57.8 Å². The molecule has 0 spiro atoms. The molecule has 0 atom stereocenters. The second kappa shape index (κ2) is 6.87. The van der Waals surface area contributed by atoms with Crippen molar-refractivity contribution in [2.75, 3.05) is 4.93 Å². The van der Waals surface area contributed by atoms with Gasteiger partial charge in [-0.1, -0.05) is 0 Å². The summed E-state index contributed by atoms with van der Waals surface area (Å²) in [6.45, 7) is 10.3. The first-order chi connectivity index (χ1) is 9.38. The number of halogens is 1. The van der Waals surface area contributed by atoms with Crippen LogP contribution in [-0.4, -0.2) is 8.35 Å². The summed E-state index contributed by atoms with van der Waals surface area (Å²) < 4.78 is 0.679. The van der Waals surface area contributed by atoms with Crippen LogP contribution in [-0.2, 0) is 0 Å². The summed E-state index contributed by atoms with van der Waals surface area (Å²) >= 11 is 0.380.